The molecule has 0 radical (unpaired) electrons. The van der Waals surface area contributed by atoms with E-state index in [4.69, 9.17) is 0 Å². The number of aromatic hydroxyl groups is 1. The maximum absolute atomic E-state index is 9.28. The van der Waals surface area contributed by atoms with Gasteiger partial charge in [0.2, 0.25) is 0 Å². The van der Waals surface area contributed by atoms with Gasteiger partial charge in [0.15, 0.2) is 0 Å². The Labute approximate surface area is 106 Å². The third-order valence-corrected chi connectivity index (χ3v) is 3.03. The molecule has 88 valence electrons. The number of aliphatic imine (C=N–C) groups is 1. The Hall–Kier alpha value is -2.35. The molecule has 0 bridgehead atoms. The Balaban J connectivity index is 2.03. The van der Waals surface area contributed by atoms with Crippen LogP contribution in [0.15, 0.2) is 53.5 Å². The Morgan fingerprint density at radius 3 is 2.61 bits per heavy atom. The molecule has 0 fully saturated rings. The number of hydrogen-bond acceptors (Lipinski definition) is 2. The number of nitrogens with zero attached hydrogens (tertiary/aromatic N) is 1. The lowest BCUT2D eigenvalue weighted by Gasteiger charge is -2.13. The zero-order chi connectivity index (χ0) is 12.4. The van der Waals surface area contributed by atoms with Crippen molar-refractivity contribution in [1.82, 2.24) is 0 Å². The van der Waals surface area contributed by atoms with Crippen molar-refractivity contribution in [2.45, 2.75) is 0 Å². The lowest BCUT2D eigenvalue weighted by molar-refractivity contribution is 0.475. The van der Waals surface area contributed by atoms with Crippen LogP contribution in [-0.2, 0) is 0 Å². The Morgan fingerprint density at radius 1 is 1.00 bits per heavy atom. The summed E-state index contributed by atoms with van der Waals surface area (Å²) in [5.41, 5.74) is 4.68. The summed E-state index contributed by atoms with van der Waals surface area (Å²) in [5, 5.41) is 9.28. The molecule has 0 unspecified atom stereocenters. The third-order valence-electron chi connectivity index (χ3n) is 3.03. The minimum Gasteiger partial charge on any atom is -0.508 e. The molecule has 2 heteroatoms. The summed E-state index contributed by atoms with van der Waals surface area (Å²) in [5.74, 6) is 0.291. The van der Waals surface area contributed by atoms with Crippen LogP contribution in [0.2, 0.25) is 0 Å². The summed E-state index contributed by atoms with van der Waals surface area (Å²) in [6.07, 6.45) is 4.04. The van der Waals surface area contributed by atoms with Crippen molar-refractivity contribution < 1.29 is 5.11 Å². The van der Waals surface area contributed by atoms with Crippen LogP contribution >= 0.6 is 0 Å². The van der Waals surface area contributed by atoms with Gasteiger partial charge >= 0.3 is 0 Å². The van der Waals surface area contributed by atoms with Gasteiger partial charge in [0, 0.05) is 6.21 Å². The van der Waals surface area contributed by atoms with E-state index in [-0.39, 0.29) is 0 Å². The van der Waals surface area contributed by atoms with Gasteiger partial charge in [-0.05, 0) is 40.5 Å². The van der Waals surface area contributed by atoms with Gasteiger partial charge in [-0.25, -0.2) is 0 Å². The van der Waals surface area contributed by atoms with Crippen LogP contribution in [0.4, 0.5) is 0 Å². The Morgan fingerprint density at radius 2 is 1.78 bits per heavy atom. The molecule has 0 aromatic heterocycles. The van der Waals surface area contributed by atoms with Crippen molar-refractivity contribution in [3.05, 3.63) is 65.2 Å². The van der Waals surface area contributed by atoms with Gasteiger partial charge in [-0.15, -0.1) is 0 Å². The minimum absolute atomic E-state index is 0.291. The van der Waals surface area contributed by atoms with Crippen LogP contribution in [0.5, 0.6) is 5.75 Å². The highest BCUT2D eigenvalue weighted by molar-refractivity contribution is 5.96. The second kappa shape index (κ2) is 4.49. The zero-order valence-electron chi connectivity index (χ0n) is 9.88. The standard InChI is InChI=1S/C16H13NO/c18-15-7-5-12(6-8-15)9-14-11-17-10-13-3-1-2-4-16(13)14/h1-10,18H,11H2. The van der Waals surface area contributed by atoms with E-state index in [1.54, 1.807) is 12.1 Å². The molecule has 3 rings (SSSR count). The van der Waals surface area contributed by atoms with Crippen LogP contribution < -0.4 is 0 Å². The molecule has 2 aromatic carbocycles. The second-order valence-corrected chi connectivity index (χ2v) is 4.32. The normalized spacial score (nSPS) is 15.7. The molecule has 1 aliphatic heterocycles. The molecule has 1 aliphatic rings. The first-order chi connectivity index (χ1) is 8.83. The molecule has 0 saturated heterocycles. The highest BCUT2D eigenvalue weighted by Gasteiger charge is 2.09. The van der Waals surface area contributed by atoms with Crippen LogP contribution in [0.1, 0.15) is 16.7 Å². The summed E-state index contributed by atoms with van der Waals surface area (Å²) >= 11 is 0. The summed E-state index contributed by atoms with van der Waals surface area (Å²) in [7, 11) is 0. The third kappa shape index (κ3) is 2.05. The molecule has 0 spiro atoms. The van der Waals surface area contributed by atoms with Crippen molar-refractivity contribution >= 4 is 17.9 Å². The minimum atomic E-state index is 0.291. The maximum atomic E-state index is 9.28. The van der Waals surface area contributed by atoms with E-state index in [1.165, 1.54) is 11.1 Å². The maximum Gasteiger partial charge on any atom is 0.115 e. The van der Waals surface area contributed by atoms with Crippen LogP contribution in [-0.4, -0.2) is 17.9 Å². The predicted octanol–water partition coefficient (Wildman–Crippen LogP) is 3.37. The number of phenolic OH excluding ortho intramolecular Hbond substituents is 1. The smallest absolute Gasteiger partial charge is 0.115 e. The average Bonchev–Trinajstić information content (AvgIpc) is 2.42. The van der Waals surface area contributed by atoms with E-state index in [1.807, 2.05) is 30.5 Å². The fourth-order valence-corrected chi connectivity index (χ4v) is 2.12. The van der Waals surface area contributed by atoms with Crippen molar-refractivity contribution in [3.8, 4) is 5.75 Å². The summed E-state index contributed by atoms with van der Waals surface area (Å²) in [6.45, 7) is 0.706. The van der Waals surface area contributed by atoms with Crippen molar-refractivity contribution in [3.63, 3.8) is 0 Å². The predicted molar refractivity (Wildman–Crippen MR) is 74.9 cm³/mol. The van der Waals surface area contributed by atoms with E-state index in [0.717, 1.165) is 11.1 Å². The SMILES string of the molecule is Oc1ccc(C=C2CN=Cc3ccccc32)cc1. The molecular formula is C16H13NO. The molecular weight excluding hydrogens is 222 g/mol. The van der Waals surface area contributed by atoms with Gasteiger partial charge in [0.05, 0.1) is 6.54 Å². The van der Waals surface area contributed by atoms with E-state index < -0.39 is 0 Å². The molecule has 18 heavy (non-hydrogen) atoms. The van der Waals surface area contributed by atoms with Crippen molar-refractivity contribution in [2.75, 3.05) is 6.54 Å². The average molecular weight is 235 g/mol. The van der Waals surface area contributed by atoms with Gasteiger partial charge in [0.1, 0.15) is 5.75 Å². The number of fused-ring (bicyclic) bond motifs is 1. The Kier molecular flexibility index (Phi) is 2.69. The first kappa shape index (κ1) is 10.8. The largest absolute Gasteiger partial charge is 0.508 e. The molecule has 0 aliphatic carbocycles. The molecule has 1 N–H and O–H groups in total. The second-order valence-electron chi connectivity index (χ2n) is 4.32. The highest BCUT2D eigenvalue weighted by atomic mass is 16.3. The molecule has 0 atom stereocenters. The van der Waals surface area contributed by atoms with Gasteiger partial charge in [-0.2, -0.15) is 0 Å². The van der Waals surface area contributed by atoms with E-state index in [0.29, 0.717) is 12.3 Å². The van der Waals surface area contributed by atoms with Crippen molar-refractivity contribution in [2.24, 2.45) is 4.99 Å². The summed E-state index contributed by atoms with van der Waals surface area (Å²) in [6, 6.07) is 15.5. The topological polar surface area (TPSA) is 32.6 Å². The molecule has 2 aromatic rings. The fourth-order valence-electron chi connectivity index (χ4n) is 2.12. The van der Waals surface area contributed by atoms with E-state index in [2.05, 4.69) is 23.2 Å². The molecule has 1 heterocycles. The van der Waals surface area contributed by atoms with Gasteiger partial charge in [-0.1, -0.05) is 36.4 Å². The quantitative estimate of drug-likeness (QED) is 0.807. The van der Waals surface area contributed by atoms with E-state index >= 15 is 0 Å². The molecule has 0 saturated carbocycles. The highest BCUT2D eigenvalue weighted by Crippen LogP contribution is 2.25. The monoisotopic (exact) mass is 235 g/mol. The number of rotatable bonds is 1. The van der Waals surface area contributed by atoms with Crippen LogP contribution in [0, 0.1) is 0 Å². The van der Waals surface area contributed by atoms with Crippen LogP contribution in [0.3, 0.4) is 0 Å². The van der Waals surface area contributed by atoms with Gasteiger partial charge < -0.3 is 5.11 Å². The van der Waals surface area contributed by atoms with Crippen LogP contribution in [0.25, 0.3) is 11.6 Å². The molecule has 2 nitrogen and oxygen atoms in total. The number of benzene rings is 2. The number of phenols is 1. The van der Waals surface area contributed by atoms with Gasteiger partial charge in [-0.3, -0.25) is 4.99 Å². The lowest BCUT2D eigenvalue weighted by Crippen LogP contribution is -2.01. The Bertz CT molecular complexity index is 624. The first-order valence-corrected chi connectivity index (χ1v) is 5.92. The number of hydrogen-bond donors (Lipinski definition) is 1. The first-order valence-electron chi connectivity index (χ1n) is 5.92. The summed E-state index contributed by atoms with van der Waals surface area (Å²) in [4.78, 5) is 4.37. The summed E-state index contributed by atoms with van der Waals surface area (Å²) < 4.78 is 0. The van der Waals surface area contributed by atoms with Gasteiger partial charge in [0.25, 0.3) is 0 Å². The molecule has 0 amide bonds. The van der Waals surface area contributed by atoms with Crippen molar-refractivity contribution in [1.29, 1.82) is 0 Å². The van der Waals surface area contributed by atoms with E-state index in [9.17, 15) is 5.11 Å². The fraction of sp³-hybridized carbons (Fsp3) is 0.0625. The lowest BCUT2D eigenvalue weighted by atomic mass is 9.96. The zero-order valence-corrected chi connectivity index (χ0v) is 9.88.